The van der Waals surface area contributed by atoms with Crippen LogP contribution in [-0.4, -0.2) is 31.6 Å². The minimum atomic E-state index is -0.273. The van der Waals surface area contributed by atoms with Crippen LogP contribution in [0.4, 0.5) is 11.4 Å². The molecule has 0 atom stereocenters. The lowest BCUT2D eigenvalue weighted by atomic mass is 10.1. The number of aryl methyl sites for hydroxylation is 1. The summed E-state index contributed by atoms with van der Waals surface area (Å²) in [4.78, 5) is 26.7. The van der Waals surface area contributed by atoms with Gasteiger partial charge in [0, 0.05) is 12.2 Å². The SMILES string of the molecule is Cc1cccc(OCC(=O)Nc2ccc3c(c2)N(CCc2ccccc2)C(=O)CO3)c1C. The molecule has 6 nitrogen and oxygen atoms in total. The van der Waals surface area contributed by atoms with Gasteiger partial charge in [0.2, 0.25) is 0 Å². The highest BCUT2D eigenvalue weighted by atomic mass is 16.5. The second-order valence-corrected chi connectivity index (χ2v) is 7.79. The fourth-order valence-corrected chi connectivity index (χ4v) is 3.63. The first kappa shape index (κ1) is 21.4. The molecule has 1 aliphatic rings. The zero-order valence-electron chi connectivity index (χ0n) is 18.3. The first-order valence-electron chi connectivity index (χ1n) is 10.6. The molecule has 0 saturated heterocycles. The quantitative estimate of drug-likeness (QED) is 0.607. The zero-order chi connectivity index (χ0) is 22.5. The van der Waals surface area contributed by atoms with Crippen molar-refractivity contribution in [1.29, 1.82) is 0 Å². The molecule has 3 aromatic carbocycles. The molecular weight excluding hydrogens is 404 g/mol. The van der Waals surface area contributed by atoms with Crippen molar-refractivity contribution in [2.24, 2.45) is 0 Å². The third-order valence-electron chi connectivity index (χ3n) is 5.57. The topological polar surface area (TPSA) is 67.9 Å². The normalized spacial score (nSPS) is 12.7. The minimum absolute atomic E-state index is 0.0111. The Morgan fingerprint density at radius 2 is 1.88 bits per heavy atom. The number of amides is 2. The van der Waals surface area contributed by atoms with Gasteiger partial charge in [0.25, 0.3) is 11.8 Å². The maximum absolute atomic E-state index is 12.5. The van der Waals surface area contributed by atoms with Gasteiger partial charge in [-0.3, -0.25) is 9.59 Å². The number of nitrogens with one attached hydrogen (secondary N) is 1. The Balaban J connectivity index is 1.43. The van der Waals surface area contributed by atoms with Crippen LogP contribution in [0.15, 0.2) is 66.7 Å². The number of benzene rings is 3. The predicted octanol–water partition coefficient (Wildman–Crippen LogP) is 4.29. The predicted molar refractivity (Wildman–Crippen MR) is 124 cm³/mol. The molecule has 1 N–H and O–H groups in total. The lowest BCUT2D eigenvalue weighted by Gasteiger charge is -2.30. The van der Waals surface area contributed by atoms with Crippen LogP contribution in [0.3, 0.4) is 0 Å². The molecular formula is C26H26N2O4. The van der Waals surface area contributed by atoms with Crippen LogP contribution in [0.5, 0.6) is 11.5 Å². The zero-order valence-corrected chi connectivity index (χ0v) is 18.3. The Labute approximate surface area is 187 Å². The number of nitrogens with zero attached hydrogens (tertiary/aromatic N) is 1. The molecule has 4 rings (SSSR count). The Hall–Kier alpha value is -3.80. The molecule has 2 amide bonds. The van der Waals surface area contributed by atoms with Crippen molar-refractivity contribution in [3.63, 3.8) is 0 Å². The molecule has 0 spiro atoms. The van der Waals surface area contributed by atoms with E-state index in [4.69, 9.17) is 9.47 Å². The number of rotatable bonds is 7. The minimum Gasteiger partial charge on any atom is -0.483 e. The van der Waals surface area contributed by atoms with Crippen molar-refractivity contribution in [2.45, 2.75) is 20.3 Å². The summed E-state index contributed by atoms with van der Waals surface area (Å²) in [6.45, 7) is 4.41. The van der Waals surface area contributed by atoms with E-state index in [-0.39, 0.29) is 25.0 Å². The molecule has 0 saturated carbocycles. The van der Waals surface area contributed by atoms with Crippen molar-refractivity contribution in [3.05, 3.63) is 83.4 Å². The van der Waals surface area contributed by atoms with E-state index in [1.807, 2.05) is 62.4 Å². The highest BCUT2D eigenvalue weighted by Gasteiger charge is 2.25. The smallest absolute Gasteiger partial charge is 0.265 e. The fourth-order valence-electron chi connectivity index (χ4n) is 3.63. The van der Waals surface area contributed by atoms with Crippen molar-refractivity contribution in [1.82, 2.24) is 0 Å². The van der Waals surface area contributed by atoms with Crippen molar-refractivity contribution >= 4 is 23.2 Å². The van der Waals surface area contributed by atoms with Crippen LogP contribution in [0.25, 0.3) is 0 Å². The number of hydrogen-bond donors (Lipinski definition) is 1. The van der Waals surface area contributed by atoms with Crippen LogP contribution < -0.4 is 19.7 Å². The summed E-state index contributed by atoms with van der Waals surface area (Å²) in [7, 11) is 0. The van der Waals surface area contributed by atoms with Gasteiger partial charge in [-0.05, 0) is 61.2 Å². The first-order chi connectivity index (χ1) is 15.5. The number of hydrogen-bond acceptors (Lipinski definition) is 4. The van der Waals surface area contributed by atoms with Gasteiger partial charge in [-0.1, -0.05) is 42.5 Å². The molecule has 0 aliphatic carbocycles. The number of fused-ring (bicyclic) bond motifs is 1. The maximum atomic E-state index is 12.5. The second-order valence-electron chi connectivity index (χ2n) is 7.79. The van der Waals surface area contributed by atoms with E-state index in [1.54, 1.807) is 23.1 Å². The molecule has 0 fully saturated rings. The summed E-state index contributed by atoms with van der Waals surface area (Å²) >= 11 is 0. The van der Waals surface area contributed by atoms with Crippen LogP contribution in [-0.2, 0) is 16.0 Å². The Bertz CT molecular complexity index is 1130. The Morgan fingerprint density at radius 3 is 2.69 bits per heavy atom. The van der Waals surface area contributed by atoms with Crippen LogP contribution in [0, 0.1) is 13.8 Å². The van der Waals surface area contributed by atoms with E-state index in [2.05, 4.69) is 5.32 Å². The summed E-state index contributed by atoms with van der Waals surface area (Å²) < 4.78 is 11.3. The van der Waals surface area contributed by atoms with Crippen molar-refractivity contribution in [2.75, 3.05) is 30.0 Å². The molecule has 1 heterocycles. The van der Waals surface area contributed by atoms with E-state index in [0.29, 0.717) is 29.4 Å². The van der Waals surface area contributed by atoms with Crippen molar-refractivity contribution in [3.8, 4) is 11.5 Å². The van der Waals surface area contributed by atoms with Gasteiger partial charge in [-0.15, -0.1) is 0 Å². The first-order valence-corrected chi connectivity index (χ1v) is 10.6. The third kappa shape index (κ3) is 4.91. The second kappa shape index (κ2) is 9.56. The van der Waals surface area contributed by atoms with E-state index in [0.717, 1.165) is 23.1 Å². The summed E-state index contributed by atoms with van der Waals surface area (Å²) in [6.07, 6.45) is 0.728. The van der Waals surface area contributed by atoms with Gasteiger partial charge in [0.15, 0.2) is 13.2 Å². The van der Waals surface area contributed by atoms with Crippen LogP contribution in [0.1, 0.15) is 16.7 Å². The molecule has 3 aromatic rings. The molecule has 0 unspecified atom stereocenters. The largest absolute Gasteiger partial charge is 0.483 e. The third-order valence-corrected chi connectivity index (χ3v) is 5.57. The Kier molecular flexibility index (Phi) is 6.40. The highest BCUT2D eigenvalue weighted by molar-refractivity contribution is 5.99. The van der Waals surface area contributed by atoms with Gasteiger partial charge < -0.3 is 19.7 Å². The number of anilines is 2. The summed E-state index contributed by atoms with van der Waals surface area (Å²) in [5.74, 6) is 0.943. The molecule has 0 bridgehead atoms. The van der Waals surface area contributed by atoms with Crippen LogP contribution >= 0.6 is 0 Å². The molecule has 1 aliphatic heterocycles. The standard InChI is InChI=1S/C26H26N2O4/c1-18-7-6-10-23(19(18)2)31-16-25(29)27-21-11-12-24-22(15-21)28(26(30)17-32-24)14-13-20-8-4-3-5-9-20/h3-12,15H,13-14,16-17H2,1-2H3,(H,27,29). The Morgan fingerprint density at radius 1 is 1.06 bits per heavy atom. The van der Waals surface area contributed by atoms with Crippen molar-refractivity contribution < 1.29 is 19.1 Å². The van der Waals surface area contributed by atoms with Gasteiger partial charge in [0.1, 0.15) is 11.5 Å². The van der Waals surface area contributed by atoms with Gasteiger partial charge >= 0.3 is 0 Å². The highest BCUT2D eigenvalue weighted by Crippen LogP contribution is 2.34. The maximum Gasteiger partial charge on any atom is 0.265 e. The number of carbonyl (C=O) groups excluding carboxylic acids is 2. The lowest BCUT2D eigenvalue weighted by molar-refractivity contribution is -0.121. The molecule has 0 aromatic heterocycles. The average molecular weight is 431 g/mol. The molecule has 0 radical (unpaired) electrons. The fraction of sp³-hybridized carbons (Fsp3) is 0.231. The number of carbonyl (C=O) groups is 2. The van der Waals surface area contributed by atoms with Gasteiger partial charge in [-0.25, -0.2) is 0 Å². The van der Waals surface area contributed by atoms with E-state index >= 15 is 0 Å². The summed E-state index contributed by atoms with van der Waals surface area (Å²) in [5, 5.41) is 2.85. The molecule has 164 valence electrons. The van der Waals surface area contributed by atoms with Gasteiger partial charge in [-0.2, -0.15) is 0 Å². The number of ether oxygens (including phenoxy) is 2. The summed E-state index contributed by atoms with van der Waals surface area (Å²) in [5.41, 5.74) is 4.52. The molecule has 32 heavy (non-hydrogen) atoms. The molecule has 6 heteroatoms. The van der Waals surface area contributed by atoms with E-state index in [9.17, 15) is 9.59 Å². The average Bonchev–Trinajstić information content (AvgIpc) is 2.80. The van der Waals surface area contributed by atoms with Crippen LogP contribution in [0.2, 0.25) is 0 Å². The van der Waals surface area contributed by atoms with Gasteiger partial charge in [0.05, 0.1) is 5.69 Å². The monoisotopic (exact) mass is 430 g/mol. The van der Waals surface area contributed by atoms with E-state index in [1.165, 1.54) is 0 Å². The summed E-state index contributed by atoms with van der Waals surface area (Å²) in [6, 6.07) is 21.1. The van der Waals surface area contributed by atoms with E-state index < -0.39 is 0 Å². The lowest BCUT2D eigenvalue weighted by Crippen LogP contribution is -2.40.